The summed E-state index contributed by atoms with van der Waals surface area (Å²) in [7, 11) is 0. The van der Waals surface area contributed by atoms with Crippen molar-refractivity contribution in [2.45, 2.75) is 57.1 Å². The highest BCUT2D eigenvalue weighted by Gasteiger charge is 2.32. The summed E-state index contributed by atoms with van der Waals surface area (Å²) in [4.78, 5) is 32.4. The van der Waals surface area contributed by atoms with Crippen LogP contribution < -0.4 is 5.56 Å². The Morgan fingerprint density at radius 3 is 2.79 bits per heavy atom. The molecule has 2 aliphatic rings. The lowest BCUT2D eigenvalue weighted by Gasteiger charge is -2.41. The van der Waals surface area contributed by atoms with Crippen molar-refractivity contribution in [3.05, 3.63) is 34.6 Å². The van der Waals surface area contributed by atoms with Gasteiger partial charge in [-0.3, -0.25) is 14.2 Å². The van der Waals surface area contributed by atoms with Gasteiger partial charge in [0.1, 0.15) is 0 Å². The van der Waals surface area contributed by atoms with Crippen LogP contribution >= 0.6 is 11.8 Å². The van der Waals surface area contributed by atoms with Crippen LogP contribution in [-0.4, -0.2) is 39.2 Å². The summed E-state index contributed by atoms with van der Waals surface area (Å²) in [6.07, 6.45) is 7.28. The summed E-state index contributed by atoms with van der Waals surface area (Å²) >= 11 is 1.41. The van der Waals surface area contributed by atoms with Gasteiger partial charge in [0.2, 0.25) is 5.91 Å². The van der Waals surface area contributed by atoms with Crippen LogP contribution in [0.2, 0.25) is 0 Å². The first kappa shape index (κ1) is 19.5. The maximum atomic E-state index is 12.9. The lowest BCUT2D eigenvalue weighted by atomic mass is 9.75. The highest BCUT2D eigenvalue weighted by Crippen LogP contribution is 2.36. The molecular weight excluding hydrogens is 370 g/mol. The van der Waals surface area contributed by atoms with E-state index in [-0.39, 0.29) is 11.5 Å². The number of carbonyl (C=O) groups is 1. The number of aromatic nitrogens is 2. The summed E-state index contributed by atoms with van der Waals surface area (Å²) in [6, 6.07) is 7.46. The third kappa shape index (κ3) is 3.97. The number of likely N-dealkylation sites (tertiary alicyclic amines) is 1. The Labute approximate surface area is 170 Å². The maximum Gasteiger partial charge on any atom is 0.262 e. The SMILES string of the molecule is CCCn1c(SCC(=O)N2CC[C@@H]3CCCC[C@@H]3C2)nc2ccccc2c1=O. The zero-order chi connectivity index (χ0) is 19.5. The van der Waals surface area contributed by atoms with Crippen LogP contribution in [0.3, 0.4) is 0 Å². The molecular formula is C22H29N3O2S. The second-order valence-electron chi connectivity index (χ2n) is 8.09. The predicted octanol–water partition coefficient (Wildman–Crippen LogP) is 3.94. The minimum absolute atomic E-state index is 0.00887. The summed E-state index contributed by atoms with van der Waals surface area (Å²) < 4.78 is 1.73. The van der Waals surface area contributed by atoms with E-state index >= 15 is 0 Å². The number of carbonyl (C=O) groups excluding carboxylic acids is 1. The maximum absolute atomic E-state index is 12.9. The van der Waals surface area contributed by atoms with Crippen LogP contribution in [-0.2, 0) is 11.3 Å². The molecule has 1 saturated heterocycles. The molecule has 2 heterocycles. The molecule has 6 heteroatoms. The molecule has 1 saturated carbocycles. The molecule has 1 amide bonds. The van der Waals surface area contributed by atoms with Crippen molar-refractivity contribution in [2.24, 2.45) is 11.8 Å². The average molecular weight is 400 g/mol. The molecule has 0 spiro atoms. The first-order chi connectivity index (χ1) is 13.7. The van der Waals surface area contributed by atoms with Crippen molar-refractivity contribution >= 4 is 28.6 Å². The number of benzene rings is 1. The normalized spacial score (nSPS) is 22.2. The van der Waals surface area contributed by atoms with Crippen molar-refractivity contribution in [3.63, 3.8) is 0 Å². The van der Waals surface area contributed by atoms with Gasteiger partial charge < -0.3 is 4.90 Å². The van der Waals surface area contributed by atoms with Crippen molar-refractivity contribution in [1.29, 1.82) is 0 Å². The molecule has 2 fully saturated rings. The minimum atomic E-state index is -0.00887. The Morgan fingerprint density at radius 1 is 1.18 bits per heavy atom. The van der Waals surface area contributed by atoms with Crippen molar-refractivity contribution in [3.8, 4) is 0 Å². The van der Waals surface area contributed by atoms with Gasteiger partial charge in [-0.25, -0.2) is 4.98 Å². The molecule has 1 aromatic carbocycles. The van der Waals surface area contributed by atoms with Crippen LogP contribution in [0.25, 0.3) is 10.9 Å². The number of hydrogen-bond donors (Lipinski definition) is 0. The van der Waals surface area contributed by atoms with E-state index in [2.05, 4.69) is 6.92 Å². The fourth-order valence-corrected chi connectivity index (χ4v) is 5.65. The van der Waals surface area contributed by atoms with Crippen LogP contribution in [0.5, 0.6) is 0 Å². The zero-order valence-corrected chi connectivity index (χ0v) is 17.4. The first-order valence-electron chi connectivity index (χ1n) is 10.6. The van der Waals surface area contributed by atoms with Crippen molar-refractivity contribution in [2.75, 3.05) is 18.8 Å². The average Bonchev–Trinajstić information content (AvgIpc) is 2.74. The number of piperidine rings is 1. The topological polar surface area (TPSA) is 55.2 Å². The Kier molecular flexibility index (Phi) is 6.04. The van der Waals surface area contributed by atoms with Gasteiger partial charge in [-0.15, -0.1) is 0 Å². The minimum Gasteiger partial charge on any atom is -0.342 e. The van der Waals surface area contributed by atoms with E-state index in [1.54, 1.807) is 4.57 Å². The summed E-state index contributed by atoms with van der Waals surface area (Å²) in [5.41, 5.74) is 0.697. The number of hydrogen-bond acceptors (Lipinski definition) is 4. The monoisotopic (exact) mass is 399 g/mol. The van der Waals surface area contributed by atoms with E-state index in [1.807, 2.05) is 29.2 Å². The Morgan fingerprint density at radius 2 is 1.96 bits per heavy atom. The van der Waals surface area contributed by atoms with Crippen LogP contribution in [0.4, 0.5) is 0 Å². The Bertz CT molecular complexity index is 910. The van der Waals surface area contributed by atoms with Gasteiger partial charge in [0.05, 0.1) is 16.7 Å². The molecule has 1 aliphatic carbocycles. The van der Waals surface area contributed by atoms with Crippen LogP contribution in [0, 0.1) is 11.8 Å². The van der Waals surface area contributed by atoms with Gasteiger partial charge in [-0.2, -0.15) is 0 Å². The number of rotatable bonds is 5. The molecule has 0 N–H and O–H groups in total. The molecule has 5 nitrogen and oxygen atoms in total. The van der Waals surface area contributed by atoms with E-state index in [0.717, 1.165) is 31.8 Å². The predicted molar refractivity (Wildman–Crippen MR) is 114 cm³/mol. The van der Waals surface area contributed by atoms with Crippen molar-refractivity contribution in [1.82, 2.24) is 14.5 Å². The molecule has 1 aromatic heterocycles. The molecule has 1 aliphatic heterocycles. The lowest BCUT2D eigenvalue weighted by molar-refractivity contribution is -0.131. The highest BCUT2D eigenvalue weighted by molar-refractivity contribution is 7.99. The Hall–Kier alpha value is -1.82. The van der Waals surface area contributed by atoms with E-state index in [4.69, 9.17) is 4.98 Å². The number of thioether (sulfide) groups is 1. The second-order valence-corrected chi connectivity index (χ2v) is 9.03. The standard InChI is InChI=1S/C22H29N3O2S/c1-2-12-25-21(27)18-9-5-6-10-19(18)23-22(25)28-15-20(26)24-13-11-16-7-3-4-8-17(16)14-24/h5-6,9-10,16-17H,2-4,7-8,11-15H2,1H3/t16-,17+/m0/s1. The van der Waals surface area contributed by atoms with Gasteiger partial charge >= 0.3 is 0 Å². The summed E-state index contributed by atoms with van der Waals surface area (Å²) in [5.74, 6) is 2.04. The molecule has 28 heavy (non-hydrogen) atoms. The largest absolute Gasteiger partial charge is 0.342 e. The fourth-order valence-electron chi connectivity index (χ4n) is 4.72. The van der Waals surface area contributed by atoms with Gasteiger partial charge in [0.15, 0.2) is 5.16 Å². The van der Waals surface area contributed by atoms with Gasteiger partial charge in [-0.05, 0) is 43.2 Å². The second kappa shape index (κ2) is 8.68. The number of para-hydroxylation sites is 1. The molecule has 2 aromatic rings. The smallest absolute Gasteiger partial charge is 0.262 e. The van der Waals surface area contributed by atoms with Crippen LogP contribution in [0.1, 0.15) is 45.4 Å². The van der Waals surface area contributed by atoms with Gasteiger partial charge in [0, 0.05) is 19.6 Å². The molecule has 0 radical (unpaired) electrons. The third-order valence-electron chi connectivity index (χ3n) is 6.24. The number of fused-ring (bicyclic) bond motifs is 2. The molecule has 2 atom stereocenters. The molecule has 4 rings (SSSR count). The zero-order valence-electron chi connectivity index (χ0n) is 16.6. The number of nitrogens with zero attached hydrogens (tertiary/aromatic N) is 3. The lowest BCUT2D eigenvalue weighted by Crippen LogP contribution is -2.45. The van der Waals surface area contributed by atoms with Gasteiger partial charge in [0.25, 0.3) is 5.56 Å². The van der Waals surface area contributed by atoms with Crippen molar-refractivity contribution < 1.29 is 4.79 Å². The summed E-state index contributed by atoms with van der Waals surface area (Å²) in [6.45, 7) is 4.47. The van der Waals surface area contributed by atoms with E-state index in [1.165, 1.54) is 37.4 Å². The molecule has 0 bridgehead atoms. The highest BCUT2D eigenvalue weighted by atomic mass is 32.2. The Balaban J connectivity index is 1.48. The van der Waals surface area contributed by atoms with E-state index in [0.29, 0.717) is 34.3 Å². The van der Waals surface area contributed by atoms with Gasteiger partial charge in [-0.1, -0.05) is 50.1 Å². The third-order valence-corrected chi connectivity index (χ3v) is 7.20. The van der Waals surface area contributed by atoms with E-state index in [9.17, 15) is 9.59 Å². The molecule has 0 unspecified atom stereocenters. The van der Waals surface area contributed by atoms with Crippen LogP contribution in [0.15, 0.2) is 34.2 Å². The first-order valence-corrected chi connectivity index (χ1v) is 11.6. The quantitative estimate of drug-likeness (QED) is 0.564. The van der Waals surface area contributed by atoms with E-state index < -0.39 is 0 Å². The summed E-state index contributed by atoms with van der Waals surface area (Å²) in [5, 5.41) is 1.30. The molecule has 150 valence electrons. The number of amides is 1. The fraction of sp³-hybridized carbons (Fsp3) is 0.591.